The molecule has 64 heavy (non-hydrogen) atoms. The van der Waals surface area contributed by atoms with Crippen molar-refractivity contribution < 1.29 is 4.42 Å². The summed E-state index contributed by atoms with van der Waals surface area (Å²) < 4.78 is 10.1. The zero-order chi connectivity index (χ0) is 42.2. The molecule has 8 aromatic carbocycles. The minimum Gasteiger partial charge on any atom is -0.453 e. The van der Waals surface area contributed by atoms with Gasteiger partial charge >= 0.3 is 0 Å². The molecule has 0 amide bonds. The van der Waals surface area contributed by atoms with Gasteiger partial charge in [-0.05, 0) is 94.1 Å². The molecule has 1 atom stereocenters. The third-order valence-electron chi connectivity index (χ3n) is 13.9. The first-order valence-corrected chi connectivity index (χ1v) is 23.3. The van der Waals surface area contributed by atoms with Gasteiger partial charge in [0.1, 0.15) is 5.58 Å². The first-order chi connectivity index (χ1) is 31.8. The van der Waals surface area contributed by atoms with Crippen LogP contribution in [0.3, 0.4) is 0 Å². The van der Waals surface area contributed by atoms with E-state index in [2.05, 4.69) is 223 Å². The molecule has 3 heteroatoms. The number of para-hydroxylation sites is 1. The average molecular weight is 838 g/mol. The predicted molar refractivity (Wildman–Crippen MR) is 270 cm³/mol. The number of fused-ring (bicyclic) bond motifs is 10. The number of hydrogen-bond acceptors (Lipinski definition) is 3. The van der Waals surface area contributed by atoms with Gasteiger partial charge in [0.25, 0.3) is 0 Å². The SMILES string of the molecule is C1=CC(C2C=CC(N(c3ccc(-c4cccc5c4sc4ccccc45)cc3)c3cccc4c3oc3c5c(ccc34)C(c3ccccc3)(c3ccccc3)c3ccccc3-5)=CC2)=CCC1. The zero-order valence-electron chi connectivity index (χ0n) is 35.2. The monoisotopic (exact) mass is 837 g/mol. The van der Waals surface area contributed by atoms with Crippen molar-refractivity contribution in [1.82, 2.24) is 0 Å². The second kappa shape index (κ2) is 14.8. The molecule has 0 saturated carbocycles. The summed E-state index contributed by atoms with van der Waals surface area (Å²) in [5.41, 5.74) is 15.9. The Morgan fingerprint density at radius 3 is 2.02 bits per heavy atom. The molecule has 1 unspecified atom stereocenters. The Hall–Kier alpha value is -7.46. The second-order valence-electron chi connectivity index (χ2n) is 17.3. The Morgan fingerprint density at radius 2 is 1.23 bits per heavy atom. The van der Waals surface area contributed by atoms with E-state index >= 15 is 0 Å². The molecule has 0 fully saturated rings. The van der Waals surface area contributed by atoms with Gasteiger partial charge in [-0.3, -0.25) is 0 Å². The van der Waals surface area contributed by atoms with Crippen LogP contribution in [0.4, 0.5) is 11.4 Å². The van der Waals surface area contributed by atoms with Gasteiger partial charge in [-0.15, -0.1) is 11.3 Å². The molecule has 304 valence electrons. The molecule has 13 rings (SSSR count). The van der Waals surface area contributed by atoms with E-state index in [4.69, 9.17) is 4.42 Å². The topological polar surface area (TPSA) is 16.4 Å². The Morgan fingerprint density at radius 1 is 0.531 bits per heavy atom. The summed E-state index contributed by atoms with van der Waals surface area (Å²) in [4.78, 5) is 2.42. The number of nitrogens with zero attached hydrogens (tertiary/aromatic N) is 1. The minimum absolute atomic E-state index is 0.366. The van der Waals surface area contributed by atoms with Crippen LogP contribution < -0.4 is 4.90 Å². The van der Waals surface area contributed by atoms with Gasteiger partial charge in [-0.1, -0.05) is 188 Å². The Bertz CT molecular complexity index is 3540. The van der Waals surface area contributed by atoms with Gasteiger partial charge in [-0.2, -0.15) is 0 Å². The summed E-state index contributed by atoms with van der Waals surface area (Å²) in [6.07, 6.45) is 17.4. The standard InChI is InChI=1S/C61H43NOS/c1-4-16-40(17-5-1)41-30-34-45(35-31-41)62(46-36-32-42(33-37-46)47-24-14-26-51-48-22-11-13-29-56(48)64-60(47)51)55-28-15-25-49-50-38-39-54-57(59(50)63-58(49)55)52-23-10-12-27-53(52)61(54,43-18-6-2-7-19-43)44-20-8-3-9-21-44/h2-4,6-30,32-39,41H,1,5,31H2. The van der Waals surface area contributed by atoms with Crippen molar-refractivity contribution >= 4 is 64.8 Å². The normalized spacial score (nSPS) is 16.3. The molecule has 0 N–H and O–H groups in total. The lowest BCUT2D eigenvalue weighted by Crippen LogP contribution is -2.28. The molecule has 2 aromatic heterocycles. The van der Waals surface area contributed by atoms with Crippen LogP contribution in [-0.2, 0) is 5.41 Å². The molecular formula is C61H43NOS. The van der Waals surface area contributed by atoms with Crippen LogP contribution in [0.25, 0.3) is 64.4 Å². The maximum atomic E-state index is 7.42. The molecule has 0 radical (unpaired) electrons. The number of allylic oxidation sites excluding steroid dienone is 7. The fourth-order valence-corrected chi connectivity index (χ4v) is 12.3. The Balaban J connectivity index is 0.998. The summed E-state index contributed by atoms with van der Waals surface area (Å²) >= 11 is 1.88. The Kier molecular flexibility index (Phi) is 8.60. The van der Waals surface area contributed by atoms with Crippen molar-refractivity contribution in [2.45, 2.75) is 24.7 Å². The summed E-state index contributed by atoms with van der Waals surface area (Å²) in [5, 5.41) is 4.87. The first kappa shape index (κ1) is 37.1. The average Bonchev–Trinajstić information content (AvgIpc) is 4.04. The van der Waals surface area contributed by atoms with E-state index in [9.17, 15) is 0 Å². The van der Waals surface area contributed by atoms with Gasteiger partial charge in [0.2, 0.25) is 0 Å². The Labute approximate surface area is 377 Å². The summed E-state index contributed by atoms with van der Waals surface area (Å²) in [7, 11) is 0. The fraction of sp³-hybridized carbons (Fsp3) is 0.0820. The van der Waals surface area contributed by atoms with E-state index in [1.807, 2.05) is 11.3 Å². The molecule has 3 aliphatic carbocycles. The van der Waals surface area contributed by atoms with Gasteiger partial charge < -0.3 is 9.32 Å². The quantitative estimate of drug-likeness (QED) is 0.159. The van der Waals surface area contributed by atoms with Crippen LogP contribution in [0, 0.1) is 5.92 Å². The van der Waals surface area contributed by atoms with E-state index in [0.29, 0.717) is 5.92 Å². The number of benzene rings is 8. The van der Waals surface area contributed by atoms with E-state index in [-0.39, 0.29) is 0 Å². The molecule has 0 saturated heterocycles. The third kappa shape index (κ3) is 5.57. The van der Waals surface area contributed by atoms with Crippen LogP contribution >= 0.6 is 11.3 Å². The van der Waals surface area contributed by atoms with Crippen LogP contribution in [0.2, 0.25) is 0 Å². The minimum atomic E-state index is -0.504. The summed E-state index contributed by atoms with van der Waals surface area (Å²) in [5.74, 6) is 0.366. The van der Waals surface area contributed by atoms with Gasteiger partial charge in [-0.25, -0.2) is 0 Å². The van der Waals surface area contributed by atoms with E-state index in [1.165, 1.54) is 70.3 Å². The molecule has 2 heterocycles. The molecule has 0 bridgehead atoms. The molecule has 2 nitrogen and oxygen atoms in total. The van der Waals surface area contributed by atoms with Crippen molar-refractivity contribution in [3.05, 3.63) is 252 Å². The largest absolute Gasteiger partial charge is 0.453 e. The highest BCUT2D eigenvalue weighted by Crippen LogP contribution is 2.59. The summed E-state index contributed by atoms with van der Waals surface area (Å²) in [6, 6.07) is 66.9. The van der Waals surface area contributed by atoms with Crippen molar-refractivity contribution in [3.8, 4) is 22.3 Å². The molecular weight excluding hydrogens is 795 g/mol. The van der Waals surface area contributed by atoms with Crippen molar-refractivity contribution in [3.63, 3.8) is 0 Å². The predicted octanol–water partition coefficient (Wildman–Crippen LogP) is 16.9. The number of furan rings is 1. The van der Waals surface area contributed by atoms with Crippen molar-refractivity contribution in [2.24, 2.45) is 5.92 Å². The zero-order valence-corrected chi connectivity index (χ0v) is 36.1. The maximum Gasteiger partial charge on any atom is 0.159 e. The number of rotatable bonds is 7. The molecule has 0 spiro atoms. The van der Waals surface area contributed by atoms with E-state index < -0.39 is 5.41 Å². The van der Waals surface area contributed by atoms with Gasteiger partial charge in [0.15, 0.2) is 5.58 Å². The molecule has 0 aliphatic heterocycles. The van der Waals surface area contributed by atoms with Crippen LogP contribution in [-0.4, -0.2) is 0 Å². The number of thiophene rings is 1. The smallest absolute Gasteiger partial charge is 0.159 e. The van der Waals surface area contributed by atoms with E-state index in [1.54, 1.807) is 0 Å². The van der Waals surface area contributed by atoms with Gasteiger partial charge in [0, 0.05) is 53.8 Å². The van der Waals surface area contributed by atoms with Crippen molar-refractivity contribution in [1.29, 1.82) is 0 Å². The lowest BCUT2D eigenvalue weighted by molar-refractivity contribution is 0.668. The highest BCUT2D eigenvalue weighted by Gasteiger charge is 2.47. The van der Waals surface area contributed by atoms with Crippen LogP contribution in [0.5, 0.6) is 0 Å². The van der Waals surface area contributed by atoms with E-state index in [0.717, 1.165) is 58.3 Å². The lowest BCUT2D eigenvalue weighted by atomic mass is 9.68. The third-order valence-corrected chi connectivity index (χ3v) is 15.2. The van der Waals surface area contributed by atoms with Crippen molar-refractivity contribution in [2.75, 3.05) is 4.90 Å². The van der Waals surface area contributed by atoms with Crippen LogP contribution in [0.15, 0.2) is 234 Å². The molecule has 10 aromatic rings. The molecule has 3 aliphatic rings. The maximum absolute atomic E-state index is 7.42. The fourth-order valence-electron chi connectivity index (χ4n) is 11.1. The number of hydrogen-bond donors (Lipinski definition) is 0. The van der Waals surface area contributed by atoms with Crippen LogP contribution in [0.1, 0.15) is 41.5 Å². The second-order valence-corrected chi connectivity index (χ2v) is 18.4. The first-order valence-electron chi connectivity index (χ1n) is 22.5. The number of anilines is 2. The summed E-state index contributed by atoms with van der Waals surface area (Å²) in [6.45, 7) is 0. The highest BCUT2D eigenvalue weighted by molar-refractivity contribution is 7.26. The lowest BCUT2D eigenvalue weighted by Gasteiger charge is -2.33. The van der Waals surface area contributed by atoms with Gasteiger partial charge in [0.05, 0.1) is 11.1 Å². The highest BCUT2D eigenvalue weighted by atomic mass is 32.1.